The van der Waals surface area contributed by atoms with Gasteiger partial charge in [0.05, 0.1) is 17.2 Å². The molecule has 131 valence electrons. The Kier molecular flexibility index (Phi) is 8.92. The van der Waals surface area contributed by atoms with Gasteiger partial charge in [0.25, 0.3) is 0 Å². The number of amides is 1. The zero-order valence-electron chi connectivity index (χ0n) is 13.9. The van der Waals surface area contributed by atoms with E-state index in [-0.39, 0.29) is 44.0 Å². The number of anilines is 1. The molecule has 25 heavy (non-hydrogen) atoms. The molecule has 0 aliphatic carbocycles. The fourth-order valence-corrected chi connectivity index (χ4v) is 5.46. The maximum Gasteiger partial charge on any atom is 0.238 e. The van der Waals surface area contributed by atoms with Crippen LogP contribution in [0, 0.1) is 5.38 Å². The molecule has 1 aliphatic rings. The molecule has 1 N–H and O–H groups in total. The van der Waals surface area contributed by atoms with Gasteiger partial charge in [0.15, 0.2) is 0 Å². The number of aliphatic hydroxyl groups is 1. The minimum atomic E-state index is -0.440. The molecular formula is C17H19N2O2S3Y-. The molecule has 4 nitrogen and oxygen atoms in total. The summed E-state index contributed by atoms with van der Waals surface area (Å²) in [4.78, 5) is 18.4. The van der Waals surface area contributed by atoms with E-state index in [2.05, 4.69) is 10.4 Å². The first-order chi connectivity index (χ1) is 11.7. The van der Waals surface area contributed by atoms with Gasteiger partial charge in [0.1, 0.15) is 0 Å². The largest absolute Gasteiger partial charge is 0.388 e. The molecule has 1 amide bonds. The van der Waals surface area contributed by atoms with Gasteiger partial charge in [-0.3, -0.25) is 9.69 Å². The molecule has 1 aliphatic heterocycles. The summed E-state index contributed by atoms with van der Waals surface area (Å²) < 4.78 is 1.02. The van der Waals surface area contributed by atoms with Crippen molar-refractivity contribution in [3.05, 3.63) is 41.4 Å². The number of carbonyl (C=O) groups excluding carboxylic acids is 1. The average molecular weight is 468 g/mol. The zero-order valence-corrected chi connectivity index (χ0v) is 19.2. The van der Waals surface area contributed by atoms with Crippen molar-refractivity contribution in [2.75, 3.05) is 16.4 Å². The van der Waals surface area contributed by atoms with Crippen molar-refractivity contribution in [3.63, 3.8) is 0 Å². The summed E-state index contributed by atoms with van der Waals surface area (Å²) >= 11 is 4.93. The Morgan fingerprint density at radius 2 is 2.20 bits per heavy atom. The number of aromatic nitrogens is 1. The van der Waals surface area contributed by atoms with Gasteiger partial charge in [-0.25, -0.2) is 0 Å². The third-order valence-electron chi connectivity index (χ3n) is 3.86. The number of rotatable bonds is 7. The van der Waals surface area contributed by atoms with Gasteiger partial charge in [0.2, 0.25) is 5.91 Å². The molecular weight excluding hydrogens is 449 g/mol. The maximum atomic E-state index is 12.3. The minimum absolute atomic E-state index is 0. The molecule has 1 saturated heterocycles. The number of carbonyl (C=O) groups is 1. The summed E-state index contributed by atoms with van der Waals surface area (Å²) in [7, 11) is 0. The Labute approximate surface area is 186 Å². The van der Waals surface area contributed by atoms with Crippen LogP contribution in [0.15, 0.2) is 34.8 Å². The molecule has 2 heterocycles. The van der Waals surface area contributed by atoms with Crippen molar-refractivity contribution in [1.29, 1.82) is 0 Å². The smallest absolute Gasteiger partial charge is 0.238 e. The van der Waals surface area contributed by atoms with Crippen LogP contribution in [0.25, 0.3) is 0 Å². The molecule has 2 unspecified atom stereocenters. The van der Waals surface area contributed by atoms with E-state index in [9.17, 15) is 9.90 Å². The SMILES string of the molecule is CCC(O)c1ccc(N2C(=O)CSC2CCSc2nc[c-]s2)cc1.[Y]. The second-order valence-corrected chi connectivity index (χ2v) is 8.76. The van der Waals surface area contributed by atoms with E-state index in [4.69, 9.17) is 0 Å². The van der Waals surface area contributed by atoms with Crippen molar-refractivity contribution in [2.24, 2.45) is 0 Å². The first-order valence-electron chi connectivity index (χ1n) is 7.85. The standard InChI is InChI=1S/C17H19N2O2S3.Y/c1-2-14(20)12-3-5-13(6-4-12)19-15(21)11-24-16(19)7-9-22-17-18-8-10-23-17;/h3-6,8,14,16,20H,2,7,9,11H2,1H3;/q-1;. The van der Waals surface area contributed by atoms with Crippen molar-refractivity contribution in [2.45, 2.75) is 35.6 Å². The van der Waals surface area contributed by atoms with Gasteiger partial charge in [-0.1, -0.05) is 25.3 Å². The normalized spacial score (nSPS) is 18.2. The molecule has 3 rings (SSSR count). The number of benzene rings is 1. The van der Waals surface area contributed by atoms with E-state index in [1.807, 2.05) is 36.1 Å². The van der Waals surface area contributed by atoms with Gasteiger partial charge in [-0.2, -0.15) is 17.1 Å². The Morgan fingerprint density at radius 1 is 1.44 bits per heavy atom. The van der Waals surface area contributed by atoms with Gasteiger partial charge >= 0.3 is 0 Å². The first kappa shape index (κ1) is 21.4. The average Bonchev–Trinajstić information content (AvgIpc) is 3.24. The number of thioether (sulfide) groups is 2. The van der Waals surface area contributed by atoms with E-state index >= 15 is 0 Å². The molecule has 2 aromatic rings. The summed E-state index contributed by atoms with van der Waals surface area (Å²) in [6.45, 7) is 1.95. The molecule has 1 fully saturated rings. The number of aliphatic hydroxyl groups excluding tert-OH is 1. The van der Waals surface area contributed by atoms with E-state index in [1.54, 1.807) is 29.7 Å². The Bertz CT molecular complexity index is 667. The van der Waals surface area contributed by atoms with E-state index in [1.165, 1.54) is 11.3 Å². The second-order valence-electron chi connectivity index (χ2n) is 5.43. The summed E-state index contributed by atoms with van der Waals surface area (Å²) in [5.41, 5.74) is 1.81. The predicted molar refractivity (Wildman–Crippen MR) is 102 cm³/mol. The van der Waals surface area contributed by atoms with Gasteiger partial charge in [0, 0.05) is 38.4 Å². The molecule has 0 spiro atoms. The van der Waals surface area contributed by atoms with Gasteiger partial charge in [-0.15, -0.1) is 11.8 Å². The summed E-state index contributed by atoms with van der Waals surface area (Å²) in [5, 5.41) is 13.1. The van der Waals surface area contributed by atoms with Gasteiger partial charge < -0.3 is 21.4 Å². The third kappa shape index (κ3) is 5.53. The van der Waals surface area contributed by atoms with Crippen LogP contribution >= 0.6 is 34.9 Å². The van der Waals surface area contributed by atoms with Crippen molar-refractivity contribution in [3.8, 4) is 0 Å². The van der Waals surface area contributed by atoms with Crippen molar-refractivity contribution >= 4 is 46.5 Å². The van der Waals surface area contributed by atoms with Crippen LogP contribution in [0.1, 0.15) is 31.4 Å². The quantitative estimate of drug-likeness (QED) is 0.492. The molecule has 0 saturated carbocycles. The van der Waals surface area contributed by atoms with Crippen LogP contribution in [0.4, 0.5) is 5.69 Å². The topological polar surface area (TPSA) is 53.4 Å². The third-order valence-corrected chi connectivity index (χ3v) is 7.00. The Morgan fingerprint density at radius 3 is 2.84 bits per heavy atom. The zero-order chi connectivity index (χ0) is 16.9. The molecule has 8 heteroatoms. The summed E-state index contributed by atoms with van der Waals surface area (Å²) in [6, 6.07) is 7.70. The molecule has 0 bridgehead atoms. The molecule has 1 aromatic carbocycles. The molecule has 1 radical (unpaired) electrons. The molecule has 2 atom stereocenters. The summed E-state index contributed by atoms with van der Waals surface area (Å²) in [6.07, 6.45) is 2.86. The van der Waals surface area contributed by atoms with Crippen LogP contribution in [0.3, 0.4) is 0 Å². The van der Waals surface area contributed by atoms with Gasteiger partial charge in [-0.05, 0) is 40.6 Å². The van der Waals surface area contributed by atoms with E-state index in [0.29, 0.717) is 12.2 Å². The number of nitrogens with zero attached hydrogens (tertiary/aromatic N) is 2. The minimum Gasteiger partial charge on any atom is -0.388 e. The summed E-state index contributed by atoms with van der Waals surface area (Å²) in [5.74, 6) is 1.61. The van der Waals surface area contributed by atoms with Crippen LogP contribution in [0.2, 0.25) is 0 Å². The number of hydrogen-bond acceptors (Lipinski definition) is 6. The van der Waals surface area contributed by atoms with Crippen LogP contribution < -0.4 is 4.90 Å². The van der Waals surface area contributed by atoms with E-state index in [0.717, 1.165) is 27.8 Å². The first-order valence-corrected chi connectivity index (χ1v) is 10.7. The second kappa shape index (κ2) is 10.4. The Balaban J connectivity index is 0.00000225. The maximum absolute atomic E-state index is 12.3. The van der Waals surface area contributed by atoms with E-state index < -0.39 is 6.10 Å². The fraction of sp³-hybridized carbons (Fsp3) is 0.412. The fourth-order valence-electron chi connectivity index (χ4n) is 2.58. The van der Waals surface area contributed by atoms with Crippen LogP contribution in [-0.4, -0.2) is 32.9 Å². The molecule has 1 aromatic heterocycles. The van der Waals surface area contributed by atoms with Crippen molar-refractivity contribution < 1.29 is 42.6 Å². The number of hydrogen-bond donors (Lipinski definition) is 1. The monoisotopic (exact) mass is 468 g/mol. The van der Waals surface area contributed by atoms with Crippen LogP contribution in [0.5, 0.6) is 0 Å². The number of thiazole rings is 1. The van der Waals surface area contributed by atoms with Crippen LogP contribution in [-0.2, 0) is 37.5 Å². The Hall–Kier alpha value is 0.0839. The van der Waals surface area contributed by atoms with Crippen molar-refractivity contribution in [1.82, 2.24) is 4.98 Å². The predicted octanol–water partition coefficient (Wildman–Crippen LogP) is 3.97.